The summed E-state index contributed by atoms with van der Waals surface area (Å²) in [4.78, 5) is 33.2. The smallest absolute Gasteiger partial charge is 0.253 e. The van der Waals surface area contributed by atoms with E-state index in [0.29, 0.717) is 31.0 Å². The van der Waals surface area contributed by atoms with Crippen LogP contribution in [0.3, 0.4) is 0 Å². The van der Waals surface area contributed by atoms with Crippen molar-refractivity contribution in [3.63, 3.8) is 0 Å². The maximum Gasteiger partial charge on any atom is 0.253 e. The highest BCUT2D eigenvalue weighted by Gasteiger charge is 2.35. The molecule has 2 aromatic rings. The van der Waals surface area contributed by atoms with Gasteiger partial charge in [0.2, 0.25) is 12.3 Å². The van der Waals surface area contributed by atoms with Crippen molar-refractivity contribution < 1.29 is 14.1 Å². The average molecular weight is 354 g/mol. The fourth-order valence-electron chi connectivity index (χ4n) is 3.88. The molecular formula is C19H22N4O3. The van der Waals surface area contributed by atoms with Gasteiger partial charge in [0.1, 0.15) is 0 Å². The molecule has 0 spiro atoms. The Hall–Kier alpha value is -2.70. The number of carbonyl (C=O) groups is 2. The molecule has 2 amide bonds. The molecule has 7 nitrogen and oxygen atoms in total. The van der Waals surface area contributed by atoms with Gasteiger partial charge in [0.15, 0.2) is 5.82 Å². The van der Waals surface area contributed by atoms with Gasteiger partial charge in [-0.2, -0.15) is 4.98 Å². The Morgan fingerprint density at radius 3 is 2.42 bits per heavy atom. The van der Waals surface area contributed by atoms with Crippen molar-refractivity contribution in [2.75, 3.05) is 26.2 Å². The van der Waals surface area contributed by atoms with Crippen molar-refractivity contribution >= 4 is 11.8 Å². The van der Waals surface area contributed by atoms with Crippen LogP contribution in [0.5, 0.6) is 0 Å². The highest BCUT2D eigenvalue weighted by atomic mass is 16.5. The largest absolute Gasteiger partial charge is 0.343 e. The van der Waals surface area contributed by atoms with Crippen LogP contribution in [0.15, 0.2) is 41.2 Å². The first kappa shape index (κ1) is 16.8. The summed E-state index contributed by atoms with van der Waals surface area (Å²) in [6, 6.07) is 9.32. The normalized spacial score (nSPS) is 21.2. The second-order valence-electron chi connectivity index (χ2n) is 6.99. The van der Waals surface area contributed by atoms with Crippen LogP contribution in [0.25, 0.3) is 0 Å². The number of piperidine rings is 1. The summed E-state index contributed by atoms with van der Waals surface area (Å²) in [6.07, 6.45) is 3.65. The van der Waals surface area contributed by atoms with Crippen LogP contribution in [0, 0.1) is 5.92 Å². The summed E-state index contributed by atoms with van der Waals surface area (Å²) >= 11 is 0. The van der Waals surface area contributed by atoms with Gasteiger partial charge >= 0.3 is 0 Å². The molecule has 1 atom stereocenters. The topological polar surface area (TPSA) is 79.5 Å². The second-order valence-corrected chi connectivity index (χ2v) is 6.99. The second kappa shape index (κ2) is 7.27. The first-order valence-electron chi connectivity index (χ1n) is 9.12. The van der Waals surface area contributed by atoms with Crippen LogP contribution < -0.4 is 0 Å². The molecule has 2 aliphatic rings. The van der Waals surface area contributed by atoms with E-state index < -0.39 is 0 Å². The molecule has 3 heterocycles. The zero-order chi connectivity index (χ0) is 17.9. The number of amides is 2. The van der Waals surface area contributed by atoms with Gasteiger partial charge in [-0.3, -0.25) is 9.59 Å². The number of rotatable bonds is 3. The van der Waals surface area contributed by atoms with Crippen LogP contribution in [0.1, 0.15) is 41.4 Å². The molecule has 7 heteroatoms. The summed E-state index contributed by atoms with van der Waals surface area (Å²) < 4.78 is 4.81. The minimum atomic E-state index is -0.00107. The van der Waals surface area contributed by atoms with Crippen LogP contribution in [0.2, 0.25) is 0 Å². The van der Waals surface area contributed by atoms with E-state index in [9.17, 15) is 9.59 Å². The number of hydrogen-bond acceptors (Lipinski definition) is 5. The van der Waals surface area contributed by atoms with E-state index in [-0.39, 0.29) is 23.7 Å². The van der Waals surface area contributed by atoms with Crippen molar-refractivity contribution in [1.29, 1.82) is 0 Å². The molecule has 0 bridgehead atoms. The van der Waals surface area contributed by atoms with Crippen molar-refractivity contribution in [1.82, 2.24) is 19.9 Å². The van der Waals surface area contributed by atoms with Crippen LogP contribution >= 0.6 is 0 Å². The Morgan fingerprint density at radius 2 is 1.73 bits per heavy atom. The van der Waals surface area contributed by atoms with Crippen molar-refractivity contribution in [3.8, 4) is 0 Å². The van der Waals surface area contributed by atoms with E-state index in [1.54, 1.807) is 0 Å². The predicted molar refractivity (Wildman–Crippen MR) is 93.3 cm³/mol. The third-order valence-electron chi connectivity index (χ3n) is 5.40. The number of nitrogens with zero attached hydrogens (tertiary/aromatic N) is 4. The Kier molecular flexibility index (Phi) is 4.69. The number of aromatic nitrogens is 2. The SMILES string of the molecule is O=C(c1ccccc1)N1CCC(C(=O)N2CCC(c3ncon3)C2)CC1. The zero-order valence-corrected chi connectivity index (χ0v) is 14.6. The Bertz CT molecular complexity index is 754. The zero-order valence-electron chi connectivity index (χ0n) is 14.6. The van der Waals surface area contributed by atoms with Gasteiger partial charge in [0, 0.05) is 43.6 Å². The quantitative estimate of drug-likeness (QED) is 0.841. The van der Waals surface area contributed by atoms with E-state index >= 15 is 0 Å². The number of carbonyl (C=O) groups excluding carboxylic acids is 2. The molecule has 0 saturated carbocycles. The van der Waals surface area contributed by atoms with Gasteiger partial charge in [-0.15, -0.1) is 0 Å². The highest BCUT2D eigenvalue weighted by Crippen LogP contribution is 2.28. The molecule has 136 valence electrons. The maximum absolute atomic E-state index is 12.8. The molecule has 4 rings (SSSR count). The fourth-order valence-corrected chi connectivity index (χ4v) is 3.88. The Morgan fingerprint density at radius 1 is 1.00 bits per heavy atom. The van der Waals surface area contributed by atoms with E-state index in [4.69, 9.17) is 4.52 Å². The van der Waals surface area contributed by atoms with Gasteiger partial charge in [-0.1, -0.05) is 23.4 Å². The van der Waals surface area contributed by atoms with Crippen LogP contribution in [-0.4, -0.2) is 57.9 Å². The molecule has 0 radical (unpaired) electrons. The molecule has 1 aromatic carbocycles. The summed E-state index contributed by atoms with van der Waals surface area (Å²) in [7, 11) is 0. The lowest BCUT2D eigenvalue weighted by Crippen LogP contribution is -2.43. The third-order valence-corrected chi connectivity index (χ3v) is 5.40. The van der Waals surface area contributed by atoms with Gasteiger partial charge in [0.25, 0.3) is 5.91 Å². The van der Waals surface area contributed by atoms with Gasteiger partial charge in [0.05, 0.1) is 0 Å². The maximum atomic E-state index is 12.8. The standard InChI is InChI=1S/C19H22N4O3/c24-18(14-4-2-1-3-5-14)22-9-6-15(7-10-22)19(25)23-11-8-16(12-23)17-20-13-26-21-17/h1-5,13,15-16H,6-12H2. The first-order chi connectivity index (χ1) is 12.7. The van der Waals surface area contributed by atoms with Gasteiger partial charge < -0.3 is 14.3 Å². The fraction of sp³-hybridized carbons (Fsp3) is 0.474. The molecule has 0 aliphatic carbocycles. The minimum Gasteiger partial charge on any atom is -0.343 e. The molecule has 26 heavy (non-hydrogen) atoms. The molecular weight excluding hydrogens is 332 g/mol. The lowest BCUT2D eigenvalue weighted by Gasteiger charge is -2.33. The molecule has 1 unspecified atom stereocenters. The minimum absolute atomic E-state index is 0.00107. The van der Waals surface area contributed by atoms with Crippen molar-refractivity contribution in [3.05, 3.63) is 48.1 Å². The van der Waals surface area contributed by atoms with Crippen molar-refractivity contribution in [2.45, 2.75) is 25.2 Å². The average Bonchev–Trinajstić information content (AvgIpc) is 3.39. The third kappa shape index (κ3) is 3.34. The van der Waals surface area contributed by atoms with Crippen LogP contribution in [-0.2, 0) is 4.79 Å². The summed E-state index contributed by atoms with van der Waals surface area (Å²) in [5.74, 6) is 1.09. The number of likely N-dealkylation sites (tertiary alicyclic amines) is 2. The summed E-state index contributed by atoms with van der Waals surface area (Å²) in [5.41, 5.74) is 0.708. The molecule has 2 aliphatic heterocycles. The molecule has 0 N–H and O–H groups in total. The summed E-state index contributed by atoms with van der Waals surface area (Å²) in [6.45, 7) is 2.65. The summed E-state index contributed by atoms with van der Waals surface area (Å²) in [5, 5.41) is 3.89. The monoisotopic (exact) mass is 354 g/mol. The van der Waals surface area contributed by atoms with Gasteiger partial charge in [-0.05, 0) is 31.4 Å². The molecule has 1 aromatic heterocycles. The molecule has 2 saturated heterocycles. The van der Waals surface area contributed by atoms with Crippen LogP contribution in [0.4, 0.5) is 0 Å². The predicted octanol–water partition coefficient (Wildman–Crippen LogP) is 1.94. The first-order valence-corrected chi connectivity index (χ1v) is 9.12. The van der Waals surface area contributed by atoms with E-state index in [0.717, 1.165) is 25.8 Å². The number of hydrogen-bond donors (Lipinski definition) is 0. The lowest BCUT2D eigenvalue weighted by atomic mass is 9.95. The van der Waals surface area contributed by atoms with E-state index in [1.807, 2.05) is 40.1 Å². The lowest BCUT2D eigenvalue weighted by molar-refractivity contribution is -0.135. The Labute approximate surface area is 152 Å². The number of benzene rings is 1. The van der Waals surface area contributed by atoms with E-state index in [1.165, 1.54) is 6.39 Å². The Balaban J connectivity index is 1.31. The van der Waals surface area contributed by atoms with E-state index in [2.05, 4.69) is 10.1 Å². The molecule has 2 fully saturated rings. The van der Waals surface area contributed by atoms with Gasteiger partial charge in [-0.25, -0.2) is 0 Å². The highest BCUT2D eigenvalue weighted by molar-refractivity contribution is 5.94. The van der Waals surface area contributed by atoms with Crippen molar-refractivity contribution in [2.24, 2.45) is 5.92 Å².